The molecule has 110 valence electrons. The summed E-state index contributed by atoms with van der Waals surface area (Å²) in [5.74, 6) is -2.60. The van der Waals surface area contributed by atoms with Gasteiger partial charge >= 0.3 is 5.97 Å². The lowest BCUT2D eigenvalue weighted by molar-refractivity contribution is -0.149. The number of carboxylic acids is 1. The van der Waals surface area contributed by atoms with Gasteiger partial charge in [-0.25, -0.2) is 8.42 Å². The highest BCUT2D eigenvalue weighted by Crippen LogP contribution is 2.16. The van der Waals surface area contributed by atoms with Crippen LogP contribution in [0.2, 0.25) is 0 Å². The number of carboxylic acid groups (broad SMARTS) is 1. The molecule has 7 nitrogen and oxygen atoms in total. The molecule has 8 heteroatoms. The molecule has 2 unspecified atom stereocenters. The quantitative estimate of drug-likeness (QED) is 0.750. The van der Waals surface area contributed by atoms with Crippen molar-refractivity contribution in [1.82, 2.24) is 9.21 Å². The van der Waals surface area contributed by atoms with Gasteiger partial charge in [0, 0.05) is 32.1 Å². The van der Waals surface area contributed by atoms with Gasteiger partial charge in [-0.05, 0) is 0 Å². The number of sulfonamides is 1. The van der Waals surface area contributed by atoms with E-state index in [1.165, 1.54) is 16.1 Å². The maximum Gasteiger partial charge on any atom is 0.307 e. The van der Waals surface area contributed by atoms with Crippen LogP contribution in [0.15, 0.2) is 0 Å². The van der Waals surface area contributed by atoms with Gasteiger partial charge in [0.15, 0.2) is 0 Å². The number of piperazine rings is 1. The first-order valence-electron chi connectivity index (χ1n) is 6.11. The lowest BCUT2D eigenvalue weighted by Gasteiger charge is -2.35. The summed E-state index contributed by atoms with van der Waals surface area (Å²) < 4.78 is 24.0. The van der Waals surface area contributed by atoms with Crippen LogP contribution in [-0.4, -0.2) is 67.0 Å². The average Bonchev–Trinajstić information content (AvgIpc) is 2.35. The second kappa shape index (κ2) is 5.87. The van der Waals surface area contributed by atoms with E-state index in [4.69, 9.17) is 5.11 Å². The van der Waals surface area contributed by atoms with Crippen LogP contribution in [0.4, 0.5) is 0 Å². The zero-order valence-electron chi connectivity index (χ0n) is 11.4. The predicted molar refractivity (Wildman–Crippen MR) is 69.0 cm³/mol. The first kappa shape index (κ1) is 15.9. The van der Waals surface area contributed by atoms with Gasteiger partial charge in [-0.15, -0.1) is 0 Å². The summed E-state index contributed by atoms with van der Waals surface area (Å²) in [5.41, 5.74) is 0. The highest BCUT2D eigenvalue weighted by Gasteiger charge is 2.32. The van der Waals surface area contributed by atoms with Crippen molar-refractivity contribution in [2.24, 2.45) is 11.8 Å². The smallest absolute Gasteiger partial charge is 0.307 e. The van der Waals surface area contributed by atoms with Crippen LogP contribution in [0.5, 0.6) is 0 Å². The van der Waals surface area contributed by atoms with Crippen molar-refractivity contribution >= 4 is 21.9 Å². The lowest BCUT2D eigenvalue weighted by atomic mass is 9.94. The van der Waals surface area contributed by atoms with E-state index >= 15 is 0 Å². The van der Waals surface area contributed by atoms with Crippen molar-refractivity contribution in [3.05, 3.63) is 0 Å². The third-order valence-electron chi connectivity index (χ3n) is 3.55. The molecule has 2 atom stereocenters. The molecule has 0 aromatic heterocycles. The zero-order valence-corrected chi connectivity index (χ0v) is 12.2. The Hall–Kier alpha value is -1.15. The summed E-state index contributed by atoms with van der Waals surface area (Å²) in [6.45, 7) is 4.23. The van der Waals surface area contributed by atoms with Crippen LogP contribution in [0.25, 0.3) is 0 Å². The van der Waals surface area contributed by atoms with Gasteiger partial charge in [0.2, 0.25) is 15.9 Å². The van der Waals surface area contributed by atoms with Crippen LogP contribution in [0.1, 0.15) is 13.8 Å². The second-order valence-corrected chi connectivity index (χ2v) is 6.89. The van der Waals surface area contributed by atoms with Gasteiger partial charge in [-0.1, -0.05) is 13.8 Å². The van der Waals surface area contributed by atoms with Crippen molar-refractivity contribution in [1.29, 1.82) is 0 Å². The van der Waals surface area contributed by atoms with E-state index in [2.05, 4.69) is 0 Å². The van der Waals surface area contributed by atoms with Gasteiger partial charge in [0.1, 0.15) is 0 Å². The van der Waals surface area contributed by atoms with Crippen LogP contribution in [-0.2, 0) is 19.6 Å². The van der Waals surface area contributed by atoms with E-state index in [9.17, 15) is 18.0 Å². The van der Waals surface area contributed by atoms with Crippen molar-refractivity contribution in [3.63, 3.8) is 0 Å². The van der Waals surface area contributed by atoms with Crippen LogP contribution >= 0.6 is 0 Å². The maximum atomic E-state index is 12.1. The molecule has 0 saturated carbocycles. The molecule has 1 saturated heterocycles. The Morgan fingerprint density at radius 3 is 1.89 bits per heavy atom. The first-order chi connectivity index (χ1) is 8.64. The van der Waals surface area contributed by atoms with E-state index < -0.39 is 27.8 Å². The monoisotopic (exact) mass is 292 g/mol. The van der Waals surface area contributed by atoms with Crippen molar-refractivity contribution in [2.45, 2.75) is 13.8 Å². The number of nitrogens with zero attached hydrogens (tertiary/aromatic N) is 2. The van der Waals surface area contributed by atoms with Gasteiger partial charge in [-0.3, -0.25) is 9.59 Å². The Morgan fingerprint density at radius 1 is 1.05 bits per heavy atom. The van der Waals surface area contributed by atoms with Gasteiger partial charge in [-0.2, -0.15) is 4.31 Å². The fraction of sp³-hybridized carbons (Fsp3) is 0.818. The highest BCUT2D eigenvalue weighted by molar-refractivity contribution is 7.88. The van der Waals surface area contributed by atoms with Gasteiger partial charge < -0.3 is 10.0 Å². The van der Waals surface area contributed by atoms with Gasteiger partial charge in [0.05, 0.1) is 12.2 Å². The molecule has 0 spiro atoms. The number of amides is 1. The topological polar surface area (TPSA) is 95.0 Å². The first-order valence-corrected chi connectivity index (χ1v) is 7.96. The molecule has 1 heterocycles. The third-order valence-corrected chi connectivity index (χ3v) is 4.85. The number of aliphatic carboxylic acids is 1. The SMILES string of the molecule is CC(C(=O)O)C(C)C(=O)N1CCN(S(C)(=O)=O)CC1. The molecule has 0 aromatic carbocycles. The Balaban J connectivity index is 2.61. The van der Waals surface area contributed by atoms with Crippen molar-refractivity contribution in [3.8, 4) is 0 Å². The Kier molecular flexibility index (Phi) is 4.92. The predicted octanol–water partition coefficient (Wildman–Crippen LogP) is -0.553. The molecular weight excluding hydrogens is 272 g/mol. The molecule has 0 radical (unpaired) electrons. The maximum absolute atomic E-state index is 12.1. The van der Waals surface area contributed by atoms with Gasteiger partial charge in [0.25, 0.3) is 0 Å². The van der Waals surface area contributed by atoms with Crippen LogP contribution in [0.3, 0.4) is 0 Å². The fourth-order valence-corrected chi connectivity index (χ4v) is 2.78. The normalized spacial score (nSPS) is 20.9. The minimum Gasteiger partial charge on any atom is -0.481 e. The zero-order chi connectivity index (χ0) is 14.8. The van der Waals surface area contributed by atoms with E-state index in [1.807, 2.05) is 0 Å². The minimum absolute atomic E-state index is 0.233. The van der Waals surface area contributed by atoms with E-state index in [0.29, 0.717) is 13.1 Å². The number of carbonyl (C=O) groups excluding carboxylic acids is 1. The Morgan fingerprint density at radius 2 is 1.53 bits per heavy atom. The molecule has 0 aliphatic carbocycles. The standard InChI is InChI=1S/C11H20N2O5S/c1-8(9(2)11(15)16)10(14)12-4-6-13(7-5-12)19(3,17)18/h8-9H,4-7H2,1-3H3,(H,15,16). The molecule has 0 aromatic rings. The fourth-order valence-electron chi connectivity index (χ4n) is 1.96. The molecule has 1 rings (SSSR count). The van der Waals surface area contributed by atoms with E-state index in [1.54, 1.807) is 6.92 Å². The third kappa shape index (κ3) is 3.90. The molecule has 1 amide bonds. The molecular formula is C11H20N2O5S. The number of rotatable bonds is 4. The van der Waals surface area contributed by atoms with E-state index in [0.717, 1.165) is 6.26 Å². The van der Waals surface area contributed by atoms with Crippen molar-refractivity contribution in [2.75, 3.05) is 32.4 Å². The molecule has 1 aliphatic rings. The van der Waals surface area contributed by atoms with Crippen molar-refractivity contribution < 1.29 is 23.1 Å². The Labute approximate surface area is 113 Å². The summed E-state index contributed by atoms with van der Waals surface area (Å²) in [6.07, 6.45) is 1.14. The number of hydrogen-bond acceptors (Lipinski definition) is 4. The summed E-state index contributed by atoms with van der Waals surface area (Å²) >= 11 is 0. The molecule has 1 N–H and O–H groups in total. The summed E-state index contributed by atoms with van der Waals surface area (Å²) in [6, 6.07) is 0. The Bertz CT molecular complexity index is 454. The molecule has 19 heavy (non-hydrogen) atoms. The largest absolute Gasteiger partial charge is 0.481 e. The van der Waals surface area contributed by atoms with Crippen LogP contribution < -0.4 is 0 Å². The summed E-state index contributed by atoms with van der Waals surface area (Å²) in [4.78, 5) is 24.5. The average molecular weight is 292 g/mol. The van der Waals surface area contributed by atoms with E-state index in [-0.39, 0.29) is 19.0 Å². The minimum atomic E-state index is -3.22. The summed E-state index contributed by atoms with van der Waals surface area (Å²) in [7, 11) is -3.22. The number of hydrogen-bond donors (Lipinski definition) is 1. The van der Waals surface area contributed by atoms with Crippen LogP contribution in [0, 0.1) is 11.8 Å². The lowest BCUT2D eigenvalue weighted by Crippen LogP contribution is -2.52. The second-order valence-electron chi connectivity index (χ2n) is 4.90. The highest BCUT2D eigenvalue weighted by atomic mass is 32.2. The molecule has 1 aliphatic heterocycles. The molecule has 0 bridgehead atoms. The summed E-state index contributed by atoms with van der Waals surface area (Å²) in [5, 5.41) is 8.89. The number of carbonyl (C=O) groups is 2. The molecule has 1 fully saturated rings.